The number of likely N-dealkylation sites (tertiary alicyclic amines) is 1. The van der Waals surface area contributed by atoms with Gasteiger partial charge in [0.15, 0.2) is 6.39 Å². The quantitative estimate of drug-likeness (QED) is 0.880. The van der Waals surface area contributed by atoms with Crippen molar-refractivity contribution in [1.29, 1.82) is 0 Å². The average Bonchev–Trinajstić information content (AvgIpc) is 2.71. The number of aromatic nitrogens is 1. The molecule has 1 aromatic heterocycles. The van der Waals surface area contributed by atoms with Crippen molar-refractivity contribution in [3.63, 3.8) is 0 Å². The number of nitrogens with two attached hydrogens (primary N) is 1. The highest BCUT2D eigenvalue weighted by Crippen LogP contribution is 2.20. The molecule has 1 aromatic rings. The van der Waals surface area contributed by atoms with Gasteiger partial charge in [0.2, 0.25) is 0 Å². The topological polar surface area (TPSA) is 55.3 Å². The lowest BCUT2D eigenvalue weighted by Gasteiger charge is -2.33. The second-order valence-electron chi connectivity index (χ2n) is 4.45. The largest absolute Gasteiger partial charge is 0.451 e. The van der Waals surface area contributed by atoms with E-state index in [9.17, 15) is 0 Å². The summed E-state index contributed by atoms with van der Waals surface area (Å²) < 4.78 is 4.96. The third kappa shape index (κ3) is 3.47. The second kappa shape index (κ2) is 6.23. The van der Waals surface area contributed by atoms with Crippen LogP contribution in [0, 0.1) is 5.92 Å². The average molecular weight is 246 g/mol. The molecular weight excluding hydrogens is 226 g/mol. The number of rotatable bonds is 3. The Morgan fingerprint density at radius 1 is 1.56 bits per heavy atom. The van der Waals surface area contributed by atoms with Crippen molar-refractivity contribution >= 4 is 12.4 Å². The highest BCUT2D eigenvalue weighted by atomic mass is 35.5. The van der Waals surface area contributed by atoms with Crippen LogP contribution in [-0.4, -0.2) is 29.0 Å². The van der Waals surface area contributed by atoms with E-state index in [1.807, 2.05) is 0 Å². The Bertz CT molecular complexity index is 281. The van der Waals surface area contributed by atoms with E-state index in [0.29, 0.717) is 12.0 Å². The Balaban J connectivity index is 0.00000128. The maximum absolute atomic E-state index is 5.90. The predicted molar refractivity (Wildman–Crippen MR) is 65.4 cm³/mol. The minimum absolute atomic E-state index is 0. The molecule has 1 unspecified atom stereocenters. The standard InChI is InChI=1S/C11H19N3O.ClH/c1-9(12)10-2-4-14(5-3-10)6-11-7-15-8-13-11;/h7-10H,2-6,12H2,1H3;1H. The van der Waals surface area contributed by atoms with Gasteiger partial charge in [0.25, 0.3) is 0 Å². The molecule has 5 heteroatoms. The molecule has 0 saturated carbocycles. The summed E-state index contributed by atoms with van der Waals surface area (Å²) in [6.45, 7) is 5.26. The van der Waals surface area contributed by atoms with Crippen LogP contribution in [0.1, 0.15) is 25.5 Å². The van der Waals surface area contributed by atoms with Crippen LogP contribution >= 0.6 is 12.4 Å². The molecule has 0 aromatic carbocycles. The maximum Gasteiger partial charge on any atom is 0.180 e. The summed E-state index contributed by atoms with van der Waals surface area (Å²) in [5.41, 5.74) is 6.93. The Hall–Kier alpha value is -0.580. The molecule has 92 valence electrons. The zero-order chi connectivity index (χ0) is 10.7. The number of hydrogen-bond acceptors (Lipinski definition) is 4. The molecule has 0 radical (unpaired) electrons. The van der Waals surface area contributed by atoms with E-state index in [2.05, 4.69) is 16.8 Å². The van der Waals surface area contributed by atoms with Gasteiger partial charge < -0.3 is 10.2 Å². The van der Waals surface area contributed by atoms with Crippen LogP contribution in [0.3, 0.4) is 0 Å². The molecule has 2 N–H and O–H groups in total. The Labute approximate surface area is 103 Å². The number of piperidine rings is 1. The number of oxazole rings is 1. The van der Waals surface area contributed by atoms with Gasteiger partial charge in [-0.3, -0.25) is 4.90 Å². The van der Waals surface area contributed by atoms with Crippen molar-refractivity contribution in [2.75, 3.05) is 13.1 Å². The Morgan fingerprint density at radius 3 is 2.75 bits per heavy atom. The van der Waals surface area contributed by atoms with E-state index < -0.39 is 0 Å². The zero-order valence-corrected chi connectivity index (χ0v) is 10.4. The molecule has 1 saturated heterocycles. The molecule has 2 rings (SSSR count). The first-order valence-corrected chi connectivity index (χ1v) is 5.60. The first-order valence-electron chi connectivity index (χ1n) is 5.60. The van der Waals surface area contributed by atoms with Crippen molar-refractivity contribution in [2.24, 2.45) is 11.7 Å². The summed E-state index contributed by atoms with van der Waals surface area (Å²) in [5.74, 6) is 0.693. The minimum Gasteiger partial charge on any atom is -0.451 e. The summed E-state index contributed by atoms with van der Waals surface area (Å²) in [6, 6.07) is 0.333. The molecule has 0 spiro atoms. The Morgan fingerprint density at radius 2 is 2.25 bits per heavy atom. The van der Waals surface area contributed by atoms with Crippen LogP contribution in [0.15, 0.2) is 17.1 Å². The number of halogens is 1. The molecule has 1 aliphatic heterocycles. The highest BCUT2D eigenvalue weighted by molar-refractivity contribution is 5.85. The van der Waals surface area contributed by atoms with E-state index in [-0.39, 0.29) is 12.4 Å². The fraction of sp³-hybridized carbons (Fsp3) is 0.727. The molecule has 1 atom stereocenters. The van der Waals surface area contributed by atoms with Crippen molar-refractivity contribution in [3.8, 4) is 0 Å². The smallest absolute Gasteiger partial charge is 0.180 e. The van der Waals surface area contributed by atoms with E-state index in [1.165, 1.54) is 19.2 Å². The summed E-state index contributed by atoms with van der Waals surface area (Å²) in [7, 11) is 0. The van der Waals surface area contributed by atoms with E-state index in [0.717, 1.165) is 25.3 Å². The van der Waals surface area contributed by atoms with Crippen molar-refractivity contribution in [3.05, 3.63) is 18.4 Å². The summed E-state index contributed by atoms with van der Waals surface area (Å²) in [5, 5.41) is 0. The molecule has 16 heavy (non-hydrogen) atoms. The van der Waals surface area contributed by atoms with E-state index in [4.69, 9.17) is 10.2 Å². The van der Waals surface area contributed by atoms with Gasteiger partial charge in [0, 0.05) is 12.6 Å². The van der Waals surface area contributed by atoms with Crippen LogP contribution in [0.4, 0.5) is 0 Å². The molecule has 1 aliphatic rings. The van der Waals surface area contributed by atoms with Gasteiger partial charge >= 0.3 is 0 Å². The molecule has 2 heterocycles. The van der Waals surface area contributed by atoms with Crippen molar-refractivity contribution < 1.29 is 4.42 Å². The fourth-order valence-corrected chi connectivity index (χ4v) is 2.18. The molecule has 0 aliphatic carbocycles. The molecule has 0 amide bonds. The highest BCUT2D eigenvalue weighted by Gasteiger charge is 2.21. The van der Waals surface area contributed by atoms with Gasteiger partial charge in [-0.05, 0) is 38.8 Å². The third-order valence-electron chi connectivity index (χ3n) is 3.24. The normalized spacial score (nSPS) is 20.4. The zero-order valence-electron chi connectivity index (χ0n) is 9.63. The van der Waals surface area contributed by atoms with Crippen LogP contribution in [0.5, 0.6) is 0 Å². The summed E-state index contributed by atoms with van der Waals surface area (Å²) in [4.78, 5) is 6.54. The molecule has 1 fully saturated rings. The van der Waals surface area contributed by atoms with Gasteiger partial charge in [-0.1, -0.05) is 0 Å². The number of hydrogen-bond donors (Lipinski definition) is 1. The number of nitrogens with zero attached hydrogens (tertiary/aromatic N) is 2. The van der Waals surface area contributed by atoms with Crippen molar-refractivity contribution in [1.82, 2.24) is 9.88 Å². The van der Waals surface area contributed by atoms with Gasteiger partial charge in [0.05, 0.1) is 5.69 Å². The minimum atomic E-state index is 0. The molecular formula is C11H20ClN3O. The van der Waals surface area contributed by atoms with Crippen LogP contribution in [0.25, 0.3) is 0 Å². The molecule has 0 bridgehead atoms. The first kappa shape index (κ1) is 13.5. The van der Waals surface area contributed by atoms with Crippen LogP contribution in [0.2, 0.25) is 0 Å². The van der Waals surface area contributed by atoms with E-state index >= 15 is 0 Å². The monoisotopic (exact) mass is 245 g/mol. The van der Waals surface area contributed by atoms with Gasteiger partial charge in [-0.2, -0.15) is 0 Å². The van der Waals surface area contributed by atoms with Gasteiger partial charge in [-0.15, -0.1) is 12.4 Å². The second-order valence-corrected chi connectivity index (χ2v) is 4.45. The summed E-state index contributed by atoms with van der Waals surface area (Å²) in [6.07, 6.45) is 5.62. The fourth-order valence-electron chi connectivity index (χ4n) is 2.18. The van der Waals surface area contributed by atoms with Gasteiger partial charge in [-0.25, -0.2) is 4.98 Å². The lowest BCUT2D eigenvalue weighted by atomic mass is 9.91. The van der Waals surface area contributed by atoms with Crippen LogP contribution in [-0.2, 0) is 6.54 Å². The lowest BCUT2D eigenvalue weighted by Crippen LogP contribution is -2.39. The van der Waals surface area contributed by atoms with Crippen molar-refractivity contribution in [2.45, 2.75) is 32.4 Å². The first-order chi connectivity index (χ1) is 7.25. The lowest BCUT2D eigenvalue weighted by molar-refractivity contribution is 0.164. The summed E-state index contributed by atoms with van der Waals surface area (Å²) >= 11 is 0. The van der Waals surface area contributed by atoms with E-state index in [1.54, 1.807) is 6.26 Å². The Kier molecular flexibility index (Phi) is 5.25. The van der Waals surface area contributed by atoms with Gasteiger partial charge in [0.1, 0.15) is 6.26 Å². The predicted octanol–water partition coefficient (Wildman–Crippen LogP) is 1.66. The maximum atomic E-state index is 5.90. The third-order valence-corrected chi connectivity index (χ3v) is 3.24. The van der Waals surface area contributed by atoms with Crippen LogP contribution < -0.4 is 5.73 Å². The molecule has 4 nitrogen and oxygen atoms in total. The SMILES string of the molecule is CC(N)C1CCN(Cc2cocn2)CC1.Cl.